The number of hydrogen-bond donors (Lipinski definition) is 0. The molecule has 43 heavy (non-hydrogen) atoms. The van der Waals surface area contributed by atoms with Crippen molar-refractivity contribution in [1.82, 2.24) is 15.0 Å². The van der Waals surface area contributed by atoms with Crippen LogP contribution < -0.4 is 0 Å². The number of furan rings is 1. The van der Waals surface area contributed by atoms with E-state index in [0.717, 1.165) is 61.1 Å². The maximum Gasteiger partial charge on any atom is 0.160 e. The van der Waals surface area contributed by atoms with Crippen LogP contribution in [0.3, 0.4) is 0 Å². The SMILES string of the molecule is c1ccc(-c2ccc(-c3cc(-c4ccc5oc6ccccc6c5c4)nc(-c4ccc(-c5cccnc5)cc4)n3)cc2)cc1. The molecule has 0 N–H and O–H groups in total. The number of hydrogen-bond acceptors (Lipinski definition) is 4. The summed E-state index contributed by atoms with van der Waals surface area (Å²) in [6, 6.07) is 47.8. The molecule has 0 saturated heterocycles. The van der Waals surface area contributed by atoms with Crippen LogP contribution in [-0.2, 0) is 0 Å². The molecule has 0 atom stereocenters. The van der Waals surface area contributed by atoms with Crippen molar-refractivity contribution in [2.24, 2.45) is 0 Å². The maximum atomic E-state index is 6.09. The normalized spacial score (nSPS) is 11.3. The van der Waals surface area contributed by atoms with Crippen molar-refractivity contribution >= 4 is 21.9 Å². The van der Waals surface area contributed by atoms with Crippen LogP contribution in [0.25, 0.3) is 78.1 Å². The number of pyridine rings is 1. The molecule has 202 valence electrons. The highest BCUT2D eigenvalue weighted by molar-refractivity contribution is 6.06. The summed E-state index contributed by atoms with van der Waals surface area (Å²) in [5.41, 5.74) is 11.0. The lowest BCUT2D eigenvalue weighted by Crippen LogP contribution is -1.96. The molecular formula is C39H25N3O. The van der Waals surface area contributed by atoms with Crippen LogP contribution in [0.5, 0.6) is 0 Å². The topological polar surface area (TPSA) is 51.8 Å². The van der Waals surface area contributed by atoms with Gasteiger partial charge in [-0.1, -0.05) is 103 Å². The minimum atomic E-state index is 0.675. The molecule has 0 radical (unpaired) electrons. The molecule has 5 aromatic carbocycles. The van der Waals surface area contributed by atoms with Gasteiger partial charge in [-0.05, 0) is 58.7 Å². The molecule has 4 heteroatoms. The number of nitrogens with zero attached hydrogens (tertiary/aromatic N) is 3. The average Bonchev–Trinajstić information content (AvgIpc) is 3.47. The summed E-state index contributed by atoms with van der Waals surface area (Å²) in [6.07, 6.45) is 3.66. The monoisotopic (exact) mass is 551 g/mol. The van der Waals surface area contributed by atoms with E-state index in [2.05, 4.69) is 108 Å². The van der Waals surface area contributed by atoms with Gasteiger partial charge in [0.05, 0.1) is 11.4 Å². The highest BCUT2D eigenvalue weighted by Gasteiger charge is 2.14. The van der Waals surface area contributed by atoms with Gasteiger partial charge in [-0.3, -0.25) is 4.98 Å². The van der Waals surface area contributed by atoms with Gasteiger partial charge < -0.3 is 4.42 Å². The Morgan fingerprint density at radius 3 is 1.74 bits per heavy atom. The molecule has 0 aliphatic carbocycles. The fourth-order valence-corrected chi connectivity index (χ4v) is 5.57. The Morgan fingerprint density at radius 1 is 0.395 bits per heavy atom. The minimum Gasteiger partial charge on any atom is -0.456 e. The van der Waals surface area contributed by atoms with E-state index in [4.69, 9.17) is 14.4 Å². The highest BCUT2D eigenvalue weighted by Crippen LogP contribution is 2.34. The van der Waals surface area contributed by atoms with Crippen molar-refractivity contribution in [1.29, 1.82) is 0 Å². The molecule has 4 nitrogen and oxygen atoms in total. The number of aromatic nitrogens is 3. The number of benzene rings is 5. The lowest BCUT2D eigenvalue weighted by molar-refractivity contribution is 0.669. The number of fused-ring (bicyclic) bond motifs is 3. The average molecular weight is 552 g/mol. The zero-order chi connectivity index (χ0) is 28.6. The van der Waals surface area contributed by atoms with Gasteiger partial charge in [-0.15, -0.1) is 0 Å². The van der Waals surface area contributed by atoms with Crippen molar-refractivity contribution in [3.8, 4) is 56.2 Å². The zero-order valence-electron chi connectivity index (χ0n) is 23.2. The van der Waals surface area contributed by atoms with Gasteiger partial charge in [0, 0.05) is 39.9 Å². The maximum absolute atomic E-state index is 6.09. The van der Waals surface area contributed by atoms with E-state index >= 15 is 0 Å². The quantitative estimate of drug-likeness (QED) is 0.214. The standard InChI is InChI=1S/C39H25N3O/c1-2-7-26(8-3-1)27-12-16-29(17-13-27)35-24-36(31-20-21-38-34(23-31)33-10-4-5-11-37(33)43-38)42-39(41-35)30-18-14-28(15-19-30)32-9-6-22-40-25-32/h1-25H. The van der Waals surface area contributed by atoms with Gasteiger partial charge in [0.1, 0.15) is 11.2 Å². The molecule has 3 heterocycles. The summed E-state index contributed by atoms with van der Waals surface area (Å²) < 4.78 is 6.09. The molecule has 0 saturated carbocycles. The Labute approximate surface area is 249 Å². The van der Waals surface area contributed by atoms with Gasteiger partial charge in [-0.2, -0.15) is 0 Å². The first kappa shape index (κ1) is 24.9. The molecule has 0 unspecified atom stereocenters. The van der Waals surface area contributed by atoms with Gasteiger partial charge in [-0.25, -0.2) is 9.97 Å². The molecule has 8 aromatic rings. The van der Waals surface area contributed by atoms with Crippen molar-refractivity contribution in [3.63, 3.8) is 0 Å². The van der Waals surface area contributed by atoms with Crippen LogP contribution in [0, 0.1) is 0 Å². The smallest absolute Gasteiger partial charge is 0.160 e. The van der Waals surface area contributed by atoms with Gasteiger partial charge in [0.2, 0.25) is 0 Å². The van der Waals surface area contributed by atoms with Crippen molar-refractivity contribution in [2.75, 3.05) is 0 Å². The second-order valence-electron chi connectivity index (χ2n) is 10.5. The first-order chi connectivity index (χ1) is 21.3. The lowest BCUT2D eigenvalue weighted by atomic mass is 10.0. The van der Waals surface area contributed by atoms with Crippen LogP contribution >= 0.6 is 0 Å². The van der Waals surface area contributed by atoms with Gasteiger partial charge >= 0.3 is 0 Å². The third kappa shape index (κ3) is 4.75. The Hall–Kier alpha value is -5.87. The molecule has 0 bridgehead atoms. The predicted molar refractivity (Wildman–Crippen MR) is 174 cm³/mol. The van der Waals surface area contributed by atoms with Crippen molar-refractivity contribution in [2.45, 2.75) is 0 Å². The molecule has 0 spiro atoms. The predicted octanol–water partition coefficient (Wildman–Crippen LogP) is 10.1. The van der Waals surface area contributed by atoms with E-state index in [1.807, 2.05) is 42.6 Å². The minimum absolute atomic E-state index is 0.675. The number of rotatable bonds is 5. The van der Waals surface area contributed by atoms with Crippen LogP contribution in [-0.4, -0.2) is 15.0 Å². The fourth-order valence-electron chi connectivity index (χ4n) is 5.57. The Balaban J connectivity index is 1.25. The summed E-state index contributed by atoms with van der Waals surface area (Å²) in [4.78, 5) is 14.4. The van der Waals surface area contributed by atoms with E-state index < -0.39 is 0 Å². The molecule has 0 fully saturated rings. The van der Waals surface area contributed by atoms with Crippen LogP contribution in [0.4, 0.5) is 0 Å². The van der Waals surface area contributed by atoms with E-state index in [-0.39, 0.29) is 0 Å². The summed E-state index contributed by atoms with van der Waals surface area (Å²) in [5, 5.41) is 2.17. The van der Waals surface area contributed by atoms with Gasteiger partial charge in [0.25, 0.3) is 0 Å². The highest BCUT2D eigenvalue weighted by atomic mass is 16.3. The van der Waals surface area contributed by atoms with Crippen molar-refractivity contribution in [3.05, 3.63) is 152 Å². The van der Waals surface area contributed by atoms with E-state index in [9.17, 15) is 0 Å². The second kappa shape index (κ2) is 10.5. The summed E-state index contributed by atoms with van der Waals surface area (Å²) >= 11 is 0. The van der Waals surface area contributed by atoms with E-state index in [1.54, 1.807) is 6.20 Å². The lowest BCUT2D eigenvalue weighted by Gasteiger charge is -2.11. The first-order valence-corrected chi connectivity index (χ1v) is 14.3. The third-order valence-corrected chi connectivity index (χ3v) is 7.82. The molecule has 0 aliphatic rings. The summed E-state index contributed by atoms with van der Waals surface area (Å²) in [5.74, 6) is 0.675. The summed E-state index contributed by atoms with van der Waals surface area (Å²) in [7, 11) is 0. The van der Waals surface area contributed by atoms with Gasteiger partial charge in [0.15, 0.2) is 5.82 Å². The molecule has 0 aliphatic heterocycles. The van der Waals surface area contributed by atoms with Crippen LogP contribution in [0.2, 0.25) is 0 Å². The van der Waals surface area contributed by atoms with E-state index in [1.165, 1.54) is 11.1 Å². The molecule has 3 aromatic heterocycles. The Bertz CT molecular complexity index is 2100. The van der Waals surface area contributed by atoms with Crippen molar-refractivity contribution < 1.29 is 4.42 Å². The fraction of sp³-hybridized carbons (Fsp3) is 0. The Kier molecular flexibility index (Phi) is 6.08. The largest absolute Gasteiger partial charge is 0.456 e. The zero-order valence-corrected chi connectivity index (χ0v) is 23.2. The Morgan fingerprint density at radius 2 is 0.977 bits per heavy atom. The summed E-state index contributed by atoms with van der Waals surface area (Å²) in [6.45, 7) is 0. The molecule has 8 rings (SSSR count). The van der Waals surface area contributed by atoms with E-state index in [0.29, 0.717) is 5.82 Å². The third-order valence-electron chi connectivity index (χ3n) is 7.82. The van der Waals surface area contributed by atoms with Crippen LogP contribution in [0.1, 0.15) is 0 Å². The second-order valence-corrected chi connectivity index (χ2v) is 10.5. The molecular weight excluding hydrogens is 526 g/mol. The molecule has 0 amide bonds. The van der Waals surface area contributed by atoms with Crippen LogP contribution in [0.15, 0.2) is 156 Å². The number of para-hydroxylation sites is 1. The first-order valence-electron chi connectivity index (χ1n) is 14.3.